The molecule has 2 heterocycles. The van der Waals surface area contributed by atoms with Crippen molar-refractivity contribution < 1.29 is 0 Å². The molecule has 2 saturated heterocycles. The first-order valence-corrected chi connectivity index (χ1v) is 7.95. The smallest absolute Gasteiger partial charge is 0.194 e. The van der Waals surface area contributed by atoms with Crippen LogP contribution in [0.3, 0.4) is 0 Å². The highest BCUT2D eigenvalue weighted by atomic mass is 15.4. The molecule has 0 atom stereocenters. The molecule has 2 rings (SSSR count). The Kier molecular flexibility index (Phi) is 4.33. The van der Waals surface area contributed by atoms with Crippen LogP contribution in [-0.4, -0.2) is 61.6 Å². The van der Waals surface area contributed by atoms with Crippen molar-refractivity contribution in [2.45, 2.75) is 46.1 Å². The molecule has 2 aliphatic rings. The summed E-state index contributed by atoms with van der Waals surface area (Å²) in [4.78, 5) is 9.33. The van der Waals surface area contributed by atoms with Gasteiger partial charge < -0.3 is 15.1 Å². The van der Waals surface area contributed by atoms with Gasteiger partial charge in [0.2, 0.25) is 0 Å². The van der Waals surface area contributed by atoms with E-state index in [4.69, 9.17) is 0 Å². The lowest BCUT2D eigenvalue weighted by molar-refractivity contribution is -0.0668. The van der Waals surface area contributed by atoms with Crippen LogP contribution in [0.25, 0.3) is 0 Å². The second kappa shape index (κ2) is 5.55. The normalized spacial score (nSPS) is 27.3. The third-order valence-corrected chi connectivity index (χ3v) is 5.74. The summed E-state index contributed by atoms with van der Waals surface area (Å²) in [5, 5.41) is 3.61. The van der Waals surface area contributed by atoms with Crippen molar-refractivity contribution >= 4 is 5.96 Å². The number of hydrogen-bond acceptors (Lipinski definition) is 2. The lowest BCUT2D eigenvalue weighted by Crippen LogP contribution is -2.72. The van der Waals surface area contributed by atoms with E-state index in [9.17, 15) is 0 Å². The van der Waals surface area contributed by atoms with Crippen LogP contribution in [0.15, 0.2) is 4.99 Å². The van der Waals surface area contributed by atoms with E-state index in [0.717, 1.165) is 25.0 Å². The van der Waals surface area contributed by atoms with Gasteiger partial charge in [0.1, 0.15) is 0 Å². The highest BCUT2D eigenvalue weighted by Gasteiger charge is 2.53. The van der Waals surface area contributed by atoms with Crippen molar-refractivity contribution in [2.24, 2.45) is 16.3 Å². The molecular weight excluding hydrogens is 248 g/mol. The van der Waals surface area contributed by atoms with Crippen molar-refractivity contribution in [1.82, 2.24) is 15.1 Å². The Hall–Kier alpha value is -0.770. The van der Waals surface area contributed by atoms with Crippen LogP contribution < -0.4 is 5.32 Å². The van der Waals surface area contributed by atoms with E-state index in [1.54, 1.807) is 0 Å². The van der Waals surface area contributed by atoms with Crippen molar-refractivity contribution in [2.75, 3.05) is 40.3 Å². The summed E-state index contributed by atoms with van der Waals surface area (Å²) < 4.78 is 0. The number of aliphatic imine (C=N–C) groups is 1. The fourth-order valence-corrected chi connectivity index (χ4v) is 3.20. The molecule has 116 valence electrons. The fraction of sp³-hybridized carbons (Fsp3) is 0.938. The van der Waals surface area contributed by atoms with Gasteiger partial charge in [0.05, 0.1) is 0 Å². The molecule has 4 nitrogen and oxygen atoms in total. The van der Waals surface area contributed by atoms with E-state index < -0.39 is 0 Å². The van der Waals surface area contributed by atoms with Gasteiger partial charge in [0, 0.05) is 31.1 Å². The van der Waals surface area contributed by atoms with Gasteiger partial charge in [-0.2, -0.15) is 0 Å². The quantitative estimate of drug-likeness (QED) is 0.620. The Morgan fingerprint density at radius 2 is 1.80 bits per heavy atom. The minimum atomic E-state index is 0.182. The molecule has 0 aromatic rings. The van der Waals surface area contributed by atoms with Gasteiger partial charge in [-0.25, -0.2) is 0 Å². The third kappa shape index (κ3) is 2.80. The van der Waals surface area contributed by atoms with E-state index in [1.165, 1.54) is 25.9 Å². The molecule has 0 spiro atoms. The molecule has 1 N–H and O–H groups in total. The monoisotopic (exact) mass is 280 g/mol. The average Bonchev–Trinajstić information content (AvgIpc) is 2.40. The van der Waals surface area contributed by atoms with Crippen molar-refractivity contribution in [1.29, 1.82) is 0 Å². The minimum Gasteiger partial charge on any atom is -0.356 e. The molecule has 0 unspecified atom stereocenters. The number of rotatable bonds is 2. The number of piperidine rings is 1. The third-order valence-electron chi connectivity index (χ3n) is 5.74. The Balaban J connectivity index is 1.86. The van der Waals surface area contributed by atoms with E-state index in [1.807, 2.05) is 7.05 Å². The molecule has 4 heteroatoms. The van der Waals surface area contributed by atoms with Crippen LogP contribution in [0, 0.1) is 11.3 Å². The Labute approximate surface area is 124 Å². The second-order valence-electron chi connectivity index (χ2n) is 7.70. The predicted octanol–water partition coefficient (Wildman–Crippen LogP) is 2.02. The molecule has 2 fully saturated rings. The molecule has 20 heavy (non-hydrogen) atoms. The zero-order valence-electron chi connectivity index (χ0n) is 14.2. The molecule has 0 aromatic heterocycles. The maximum absolute atomic E-state index is 4.49. The van der Waals surface area contributed by atoms with Crippen LogP contribution in [0.4, 0.5) is 0 Å². The zero-order chi connectivity index (χ0) is 15.0. The van der Waals surface area contributed by atoms with Crippen LogP contribution in [0.2, 0.25) is 0 Å². The molecular formula is C16H32N4. The van der Waals surface area contributed by atoms with Crippen molar-refractivity contribution in [3.63, 3.8) is 0 Å². The molecule has 2 aliphatic heterocycles. The number of hydrogen-bond donors (Lipinski definition) is 1. The number of guanidine groups is 1. The van der Waals surface area contributed by atoms with Crippen LogP contribution in [0.1, 0.15) is 40.5 Å². The standard InChI is InChI=1S/C16H32N4/c1-15(2)12-20(16(15,3)4)14(17-5)18-11-13-7-9-19(6)10-8-13/h13H,7-12H2,1-6H3,(H,17,18). The highest BCUT2D eigenvalue weighted by Crippen LogP contribution is 2.46. The topological polar surface area (TPSA) is 30.9 Å². The summed E-state index contributed by atoms with van der Waals surface area (Å²) in [5.41, 5.74) is 0.541. The summed E-state index contributed by atoms with van der Waals surface area (Å²) in [6.45, 7) is 13.9. The molecule has 0 aliphatic carbocycles. The Bertz CT molecular complexity index is 365. The first kappa shape index (κ1) is 15.6. The van der Waals surface area contributed by atoms with Gasteiger partial charge in [-0.1, -0.05) is 13.8 Å². The van der Waals surface area contributed by atoms with Crippen molar-refractivity contribution in [3.05, 3.63) is 0 Å². The van der Waals surface area contributed by atoms with Gasteiger partial charge in [0.25, 0.3) is 0 Å². The average molecular weight is 280 g/mol. The van der Waals surface area contributed by atoms with Gasteiger partial charge in [0.15, 0.2) is 5.96 Å². The number of nitrogens with zero attached hydrogens (tertiary/aromatic N) is 3. The van der Waals surface area contributed by atoms with Gasteiger partial charge in [-0.3, -0.25) is 4.99 Å². The molecule has 0 saturated carbocycles. The molecule has 0 bridgehead atoms. The summed E-state index contributed by atoms with van der Waals surface area (Å²) in [5.74, 6) is 1.87. The van der Waals surface area contributed by atoms with E-state index in [-0.39, 0.29) is 5.54 Å². The van der Waals surface area contributed by atoms with Crippen LogP contribution in [0.5, 0.6) is 0 Å². The summed E-state index contributed by atoms with van der Waals surface area (Å²) in [6, 6.07) is 0. The van der Waals surface area contributed by atoms with Gasteiger partial charge in [-0.15, -0.1) is 0 Å². The molecule has 0 radical (unpaired) electrons. The Morgan fingerprint density at radius 1 is 1.20 bits per heavy atom. The first-order valence-electron chi connectivity index (χ1n) is 7.95. The van der Waals surface area contributed by atoms with E-state index in [2.05, 4.69) is 54.9 Å². The minimum absolute atomic E-state index is 0.182. The van der Waals surface area contributed by atoms with E-state index in [0.29, 0.717) is 5.41 Å². The van der Waals surface area contributed by atoms with Gasteiger partial charge >= 0.3 is 0 Å². The van der Waals surface area contributed by atoms with Crippen LogP contribution >= 0.6 is 0 Å². The largest absolute Gasteiger partial charge is 0.356 e. The lowest BCUT2D eigenvalue weighted by Gasteiger charge is -2.62. The fourth-order valence-electron chi connectivity index (χ4n) is 3.20. The zero-order valence-corrected chi connectivity index (χ0v) is 14.2. The first-order chi connectivity index (χ1) is 9.28. The highest BCUT2D eigenvalue weighted by molar-refractivity contribution is 5.82. The second-order valence-corrected chi connectivity index (χ2v) is 7.70. The SMILES string of the molecule is CN=C(NCC1CCN(C)CC1)N1CC(C)(C)C1(C)C. The summed E-state index contributed by atoms with van der Waals surface area (Å²) >= 11 is 0. The predicted molar refractivity (Wildman–Crippen MR) is 86.1 cm³/mol. The maximum Gasteiger partial charge on any atom is 0.194 e. The maximum atomic E-state index is 4.49. The summed E-state index contributed by atoms with van der Waals surface area (Å²) in [7, 11) is 4.12. The number of nitrogens with one attached hydrogen (secondary N) is 1. The van der Waals surface area contributed by atoms with E-state index >= 15 is 0 Å². The lowest BCUT2D eigenvalue weighted by atomic mass is 9.65. The van der Waals surface area contributed by atoms with Crippen LogP contribution in [-0.2, 0) is 0 Å². The van der Waals surface area contributed by atoms with Crippen molar-refractivity contribution in [3.8, 4) is 0 Å². The Morgan fingerprint density at radius 3 is 2.25 bits per heavy atom. The molecule has 0 amide bonds. The summed E-state index contributed by atoms with van der Waals surface area (Å²) in [6.07, 6.45) is 2.60. The number of likely N-dealkylation sites (tertiary alicyclic amines) is 2. The van der Waals surface area contributed by atoms with Gasteiger partial charge in [-0.05, 0) is 52.7 Å². The molecule has 0 aromatic carbocycles.